The average molecular weight is 130 g/mol. The Balaban J connectivity index is 1.95. The fourth-order valence-electron chi connectivity index (χ4n) is 1.82. The summed E-state index contributed by atoms with van der Waals surface area (Å²) < 4.78 is 17.7. The van der Waals surface area contributed by atoms with Crippen LogP contribution in [0.4, 0.5) is 4.39 Å². The van der Waals surface area contributed by atoms with Crippen LogP contribution in [0.5, 0.6) is 0 Å². The van der Waals surface area contributed by atoms with E-state index in [-0.39, 0.29) is 5.60 Å². The van der Waals surface area contributed by atoms with Crippen LogP contribution in [0, 0.1) is 0 Å². The highest BCUT2D eigenvalue weighted by atomic mass is 19.1. The van der Waals surface area contributed by atoms with Crippen LogP contribution in [0.2, 0.25) is 0 Å². The van der Waals surface area contributed by atoms with Gasteiger partial charge in [0.05, 0.1) is 5.60 Å². The van der Waals surface area contributed by atoms with Gasteiger partial charge in [-0.25, -0.2) is 4.39 Å². The van der Waals surface area contributed by atoms with Crippen LogP contribution >= 0.6 is 0 Å². The van der Waals surface area contributed by atoms with Crippen molar-refractivity contribution in [2.75, 3.05) is 6.61 Å². The van der Waals surface area contributed by atoms with E-state index in [4.69, 9.17) is 4.74 Å². The van der Waals surface area contributed by atoms with Crippen molar-refractivity contribution in [3.8, 4) is 0 Å². The van der Waals surface area contributed by atoms with Gasteiger partial charge in [-0.1, -0.05) is 0 Å². The van der Waals surface area contributed by atoms with Crippen LogP contribution in [0.3, 0.4) is 0 Å². The van der Waals surface area contributed by atoms with Crippen molar-refractivity contribution in [2.45, 2.75) is 37.5 Å². The molecule has 0 amide bonds. The zero-order valence-electron chi connectivity index (χ0n) is 5.40. The molecule has 9 heavy (non-hydrogen) atoms. The highest BCUT2D eigenvalue weighted by Gasteiger charge is 2.47. The van der Waals surface area contributed by atoms with Crippen molar-refractivity contribution in [1.29, 1.82) is 0 Å². The first-order valence-electron chi connectivity index (χ1n) is 3.59. The summed E-state index contributed by atoms with van der Waals surface area (Å²) in [6.45, 7) is 0.854. The Morgan fingerprint density at radius 2 is 2.22 bits per heavy atom. The molecule has 1 saturated carbocycles. The first kappa shape index (κ1) is 5.66. The van der Waals surface area contributed by atoms with Gasteiger partial charge in [0.2, 0.25) is 0 Å². The molecule has 2 rings (SSSR count). The number of hydrogen-bond acceptors (Lipinski definition) is 1. The molecule has 1 spiro atoms. The molecule has 0 bridgehead atoms. The Morgan fingerprint density at radius 1 is 1.44 bits per heavy atom. The van der Waals surface area contributed by atoms with Gasteiger partial charge >= 0.3 is 0 Å². The highest BCUT2D eigenvalue weighted by molar-refractivity contribution is 4.98. The van der Waals surface area contributed by atoms with Crippen LogP contribution in [0.25, 0.3) is 0 Å². The van der Waals surface area contributed by atoms with E-state index in [1.807, 2.05) is 0 Å². The molecule has 1 nitrogen and oxygen atoms in total. The summed E-state index contributed by atoms with van der Waals surface area (Å²) in [6, 6.07) is 0. The maximum absolute atomic E-state index is 12.3. The highest BCUT2D eigenvalue weighted by Crippen LogP contribution is 2.44. The summed E-state index contributed by atoms with van der Waals surface area (Å²) in [6.07, 6.45) is 2.98. The second kappa shape index (κ2) is 1.69. The molecular weight excluding hydrogens is 119 g/mol. The Hall–Kier alpha value is -0.110. The van der Waals surface area contributed by atoms with Crippen LogP contribution in [0.1, 0.15) is 25.7 Å². The second-order valence-electron chi connectivity index (χ2n) is 3.14. The number of ether oxygens (including phenoxy) is 1. The number of alkyl halides is 1. The Kier molecular flexibility index (Phi) is 1.06. The molecule has 52 valence electrons. The fourth-order valence-corrected chi connectivity index (χ4v) is 1.82. The van der Waals surface area contributed by atoms with E-state index >= 15 is 0 Å². The summed E-state index contributed by atoms with van der Waals surface area (Å²) in [4.78, 5) is 0. The summed E-state index contributed by atoms with van der Waals surface area (Å²) in [5, 5.41) is 0. The van der Waals surface area contributed by atoms with Crippen molar-refractivity contribution in [3.63, 3.8) is 0 Å². The second-order valence-corrected chi connectivity index (χ2v) is 3.14. The molecule has 0 aromatic rings. The van der Waals surface area contributed by atoms with E-state index in [1.165, 1.54) is 0 Å². The van der Waals surface area contributed by atoms with E-state index in [9.17, 15) is 4.39 Å². The zero-order chi connectivity index (χ0) is 6.32. The Labute approximate surface area is 54.2 Å². The fraction of sp³-hybridized carbons (Fsp3) is 1.00. The molecule has 2 fully saturated rings. The molecule has 0 radical (unpaired) electrons. The maximum Gasteiger partial charge on any atom is 0.106 e. The van der Waals surface area contributed by atoms with E-state index < -0.39 is 6.17 Å². The first-order valence-corrected chi connectivity index (χ1v) is 3.59. The minimum absolute atomic E-state index is 0.0133. The largest absolute Gasteiger partial charge is 0.375 e. The van der Waals surface area contributed by atoms with Gasteiger partial charge in [-0.05, 0) is 12.8 Å². The molecule has 0 aromatic carbocycles. The van der Waals surface area contributed by atoms with Gasteiger partial charge in [-0.15, -0.1) is 0 Å². The van der Waals surface area contributed by atoms with Crippen LogP contribution in [0.15, 0.2) is 0 Å². The van der Waals surface area contributed by atoms with Gasteiger partial charge in [0.15, 0.2) is 0 Å². The molecule has 0 aromatic heterocycles. The van der Waals surface area contributed by atoms with E-state index in [1.54, 1.807) is 0 Å². The third-order valence-electron chi connectivity index (χ3n) is 2.37. The standard InChI is InChI=1S/C7H11FO/c8-6-4-7(5-6)2-1-3-9-7/h6H,1-5H2. The molecule has 1 saturated heterocycles. The monoisotopic (exact) mass is 130 g/mol. The summed E-state index contributed by atoms with van der Waals surface area (Å²) >= 11 is 0. The lowest BCUT2D eigenvalue weighted by atomic mass is 9.77. The van der Waals surface area contributed by atoms with Crippen molar-refractivity contribution < 1.29 is 9.13 Å². The van der Waals surface area contributed by atoms with Crippen LogP contribution < -0.4 is 0 Å². The molecule has 1 aliphatic carbocycles. The van der Waals surface area contributed by atoms with Crippen LogP contribution in [-0.2, 0) is 4.74 Å². The van der Waals surface area contributed by atoms with Gasteiger partial charge in [-0.2, -0.15) is 0 Å². The van der Waals surface area contributed by atoms with E-state index in [0.717, 1.165) is 19.4 Å². The SMILES string of the molecule is FC1CC2(CCCO2)C1. The number of hydrogen-bond donors (Lipinski definition) is 0. The predicted molar refractivity (Wildman–Crippen MR) is 32.0 cm³/mol. The van der Waals surface area contributed by atoms with Gasteiger partial charge in [0.1, 0.15) is 6.17 Å². The number of rotatable bonds is 0. The molecule has 0 N–H and O–H groups in total. The smallest absolute Gasteiger partial charge is 0.106 e. The summed E-state index contributed by atoms with van der Waals surface area (Å²) in [5.41, 5.74) is 0.0133. The molecule has 1 aliphatic heterocycles. The normalized spacial score (nSPS) is 49.7. The molecule has 2 aliphatic rings. The van der Waals surface area contributed by atoms with Gasteiger partial charge in [-0.3, -0.25) is 0 Å². The number of halogens is 1. The molecular formula is C7H11FO. The lowest BCUT2D eigenvalue weighted by molar-refractivity contribution is -0.0982. The van der Waals surface area contributed by atoms with Gasteiger partial charge in [0.25, 0.3) is 0 Å². The minimum Gasteiger partial charge on any atom is -0.375 e. The molecule has 0 atom stereocenters. The Bertz CT molecular complexity index is 110. The predicted octanol–water partition coefficient (Wildman–Crippen LogP) is 1.67. The quantitative estimate of drug-likeness (QED) is 0.484. The van der Waals surface area contributed by atoms with Crippen molar-refractivity contribution in [2.24, 2.45) is 0 Å². The van der Waals surface area contributed by atoms with Crippen LogP contribution in [-0.4, -0.2) is 18.4 Å². The maximum atomic E-state index is 12.3. The summed E-state index contributed by atoms with van der Waals surface area (Å²) in [5.74, 6) is 0. The van der Waals surface area contributed by atoms with Crippen molar-refractivity contribution >= 4 is 0 Å². The van der Waals surface area contributed by atoms with E-state index in [2.05, 4.69) is 0 Å². The summed E-state index contributed by atoms with van der Waals surface area (Å²) in [7, 11) is 0. The molecule has 1 heterocycles. The van der Waals surface area contributed by atoms with E-state index in [0.29, 0.717) is 12.8 Å². The van der Waals surface area contributed by atoms with Crippen molar-refractivity contribution in [3.05, 3.63) is 0 Å². The third kappa shape index (κ3) is 0.767. The first-order chi connectivity index (χ1) is 4.31. The third-order valence-corrected chi connectivity index (χ3v) is 2.37. The topological polar surface area (TPSA) is 9.23 Å². The minimum atomic E-state index is -0.567. The lowest BCUT2D eigenvalue weighted by Crippen LogP contribution is -2.44. The van der Waals surface area contributed by atoms with Gasteiger partial charge < -0.3 is 4.74 Å². The molecule has 0 unspecified atom stereocenters. The average Bonchev–Trinajstić information content (AvgIpc) is 2.12. The zero-order valence-corrected chi connectivity index (χ0v) is 5.40. The lowest BCUT2D eigenvalue weighted by Gasteiger charge is -2.39. The van der Waals surface area contributed by atoms with Gasteiger partial charge in [0, 0.05) is 19.4 Å². The molecule has 2 heteroatoms. The Morgan fingerprint density at radius 3 is 2.67 bits per heavy atom. The van der Waals surface area contributed by atoms with Crippen molar-refractivity contribution in [1.82, 2.24) is 0 Å².